The summed E-state index contributed by atoms with van der Waals surface area (Å²) in [5.74, 6) is -3.88. The smallest absolute Gasteiger partial charge is 0.308 e. The summed E-state index contributed by atoms with van der Waals surface area (Å²) >= 11 is 0. The average molecular weight is 368 g/mol. The van der Waals surface area contributed by atoms with Gasteiger partial charge in [-0.25, -0.2) is 8.78 Å². The topological polar surface area (TPSA) is 70.1 Å². The lowest BCUT2D eigenvalue weighted by atomic mass is 9.90. The molecule has 1 aromatic carbocycles. The third-order valence-corrected chi connectivity index (χ3v) is 5.15. The molecular weight excluding hydrogens is 346 g/mol. The van der Waals surface area contributed by atoms with Crippen molar-refractivity contribution in [1.29, 1.82) is 0 Å². The average Bonchev–Trinajstić information content (AvgIpc) is 2.59. The van der Waals surface area contributed by atoms with Gasteiger partial charge in [0.25, 0.3) is 0 Å². The van der Waals surface area contributed by atoms with Crippen molar-refractivity contribution in [3.63, 3.8) is 0 Å². The van der Waals surface area contributed by atoms with E-state index in [-0.39, 0.29) is 37.3 Å². The Morgan fingerprint density at radius 1 is 1.23 bits per heavy atom. The van der Waals surface area contributed by atoms with E-state index in [9.17, 15) is 23.5 Å². The standard InChI is InChI=1S/C18H22F2N2O4/c1-21(2)14-5-11(18(24)25)7-22(8-14)17(23)12-3-10-4-13(19)6-15(20)16(10)26-9-12/h4,6,11-12,14H,3,5,7-9H2,1-2H3,(H,24,25). The number of hydrogen-bond donors (Lipinski definition) is 1. The monoisotopic (exact) mass is 368 g/mol. The highest BCUT2D eigenvalue weighted by molar-refractivity contribution is 5.81. The van der Waals surface area contributed by atoms with E-state index in [0.717, 1.165) is 6.07 Å². The number of rotatable bonds is 3. The van der Waals surface area contributed by atoms with Crippen LogP contribution in [0.5, 0.6) is 5.75 Å². The van der Waals surface area contributed by atoms with Crippen LogP contribution in [-0.2, 0) is 16.0 Å². The molecule has 0 bridgehead atoms. The molecule has 3 atom stereocenters. The summed E-state index contributed by atoms with van der Waals surface area (Å²) in [6.45, 7) is 0.561. The van der Waals surface area contributed by atoms with Crippen molar-refractivity contribution in [2.75, 3.05) is 33.8 Å². The van der Waals surface area contributed by atoms with E-state index in [0.29, 0.717) is 18.5 Å². The molecule has 8 heteroatoms. The van der Waals surface area contributed by atoms with Crippen LogP contribution in [0.25, 0.3) is 0 Å². The van der Waals surface area contributed by atoms with E-state index in [1.165, 1.54) is 6.07 Å². The van der Waals surface area contributed by atoms with Gasteiger partial charge in [0.2, 0.25) is 5.91 Å². The minimum atomic E-state index is -0.927. The molecule has 1 saturated heterocycles. The first-order valence-corrected chi connectivity index (χ1v) is 8.55. The van der Waals surface area contributed by atoms with E-state index < -0.39 is 29.4 Å². The SMILES string of the molecule is CN(C)C1CC(C(=O)O)CN(C(=O)C2COc3c(F)cc(F)cc3C2)C1. The lowest BCUT2D eigenvalue weighted by Gasteiger charge is -2.40. The summed E-state index contributed by atoms with van der Waals surface area (Å²) < 4.78 is 32.6. The number of benzene rings is 1. The summed E-state index contributed by atoms with van der Waals surface area (Å²) in [6, 6.07) is 1.88. The number of piperidine rings is 1. The maximum absolute atomic E-state index is 13.8. The second kappa shape index (κ2) is 7.19. The summed E-state index contributed by atoms with van der Waals surface area (Å²) in [4.78, 5) is 27.8. The lowest BCUT2D eigenvalue weighted by Crippen LogP contribution is -2.54. The molecule has 1 N–H and O–H groups in total. The Labute approximate surface area is 150 Å². The van der Waals surface area contributed by atoms with Crippen LogP contribution >= 0.6 is 0 Å². The summed E-state index contributed by atoms with van der Waals surface area (Å²) in [7, 11) is 3.70. The molecule has 0 saturated carbocycles. The first-order chi connectivity index (χ1) is 12.3. The van der Waals surface area contributed by atoms with Gasteiger partial charge in [-0.1, -0.05) is 0 Å². The molecule has 0 spiro atoms. The quantitative estimate of drug-likeness (QED) is 0.873. The zero-order valence-corrected chi connectivity index (χ0v) is 14.7. The molecule has 3 rings (SSSR count). The Morgan fingerprint density at radius 2 is 1.96 bits per heavy atom. The van der Waals surface area contributed by atoms with E-state index in [4.69, 9.17) is 4.74 Å². The second-order valence-electron chi connectivity index (χ2n) is 7.22. The molecule has 0 aliphatic carbocycles. The van der Waals surface area contributed by atoms with Gasteiger partial charge in [0.15, 0.2) is 11.6 Å². The van der Waals surface area contributed by atoms with Crippen LogP contribution < -0.4 is 4.74 Å². The third-order valence-electron chi connectivity index (χ3n) is 5.15. The van der Waals surface area contributed by atoms with Gasteiger partial charge in [-0.15, -0.1) is 0 Å². The van der Waals surface area contributed by atoms with Crippen LogP contribution in [0.2, 0.25) is 0 Å². The molecule has 2 aliphatic rings. The van der Waals surface area contributed by atoms with E-state index in [1.54, 1.807) is 4.90 Å². The predicted molar refractivity (Wildman–Crippen MR) is 88.8 cm³/mol. The summed E-state index contributed by atoms with van der Waals surface area (Å²) in [6.07, 6.45) is 0.649. The van der Waals surface area contributed by atoms with Crippen molar-refractivity contribution in [2.45, 2.75) is 18.9 Å². The van der Waals surface area contributed by atoms with Crippen molar-refractivity contribution in [2.24, 2.45) is 11.8 Å². The van der Waals surface area contributed by atoms with Crippen molar-refractivity contribution in [3.05, 3.63) is 29.3 Å². The highest BCUT2D eigenvalue weighted by atomic mass is 19.1. The summed E-state index contributed by atoms with van der Waals surface area (Å²) in [5.41, 5.74) is 0.322. The van der Waals surface area contributed by atoms with Gasteiger partial charge in [0.1, 0.15) is 12.4 Å². The Hall–Kier alpha value is -2.22. The van der Waals surface area contributed by atoms with Crippen LogP contribution in [0, 0.1) is 23.5 Å². The maximum atomic E-state index is 13.8. The molecule has 1 amide bonds. The Balaban J connectivity index is 1.77. The number of halogens is 2. The molecule has 6 nitrogen and oxygen atoms in total. The number of aliphatic carboxylic acids is 1. The lowest BCUT2D eigenvalue weighted by molar-refractivity contribution is -0.149. The Kier molecular flexibility index (Phi) is 5.13. The minimum Gasteiger partial charge on any atom is -0.489 e. The number of fused-ring (bicyclic) bond motifs is 1. The number of hydrogen-bond acceptors (Lipinski definition) is 4. The number of amides is 1. The number of likely N-dealkylation sites (N-methyl/N-ethyl adjacent to an activating group) is 1. The van der Waals surface area contributed by atoms with Crippen LogP contribution in [0.4, 0.5) is 8.78 Å². The predicted octanol–water partition coefficient (Wildman–Crippen LogP) is 1.38. The number of carbonyl (C=O) groups is 2. The van der Waals surface area contributed by atoms with Crippen molar-refractivity contribution in [3.8, 4) is 5.75 Å². The number of nitrogens with zero attached hydrogens (tertiary/aromatic N) is 2. The zero-order chi connectivity index (χ0) is 19.0. The third kappa shape index (κ3) is 3.65. The fourth-order valence-corrected chi connectivity index (χ4v) is 3.66. The highest BCUT2D eigenvalue weighted by Crippen LogP contribution is 2.32. The molecule has 26 heavy (non-hydrogen) atoms. The van der Waals surface area contributed by atoms with Gasteiger partial charge >= 0.3 is 5.97 Å². The molecular formula is C18H22F2N2O4. The van der Waals surface area contributed by atoms with Gasteiger partial charge in [0, 0.05) is 30.8 Å². The normalized spacial score (nSPS) is 25.6. The maximum Gasteiger partial charge on any atom is 0.308 e. The van der Waals surface area contributed by atoms with Gasteiger partial charge in [-0.3, -0.25) is 9.59 Å². The van der Waals surface area contributed by atoms with E-state index in [2.05, 4.69) is 0 Å². The van der Waals surface area contributed by atoms with E-state index >= 15 is 0 Å². The summed E-state index contributed by atoms with van der Waals surface area (Å²) in [5, 5.41) is 9.37. The van der Waals surface area contributed by atoms with Gasteiger partial charge in [-0.05, 0) is 33.0 Å². The largest absolute Gasteiger partial charge is 0.489 e. The number of ether oxygens (including phenoxy) is 1. The fourth-order valence-electron chi connectivity index (χ4n) is 3.66. The van der Waals surface area contributed by atoms with Crippen LogP contribution in [0.15, 0.2) is 12.1 Å². The van der Waals surface area contributed by atoms with E-state index in [1.807, 2.05) is 19.0 Å². The fraction of sp³-hybridized carbons (Fsp3) is 0.556. The second-order valence-corrected chi connectivity index (χ2v) is 7.22. The Bertz CT molecular complexity index is 725. The van der Waals surface area contributed by atoms with Gasteiger partial charge in [-0.2, -0.15) is 0 Å². The molecule has 2 aliphatic heterocycles. The first kappa shape index (κ1) is 18.6. The van der Waals surface area contributed by atoms with Crippen LogP contribution in [0.1, 0.15) is 12.0 Å². The Morgan fingerprint density at radius 3 is 2.62 bits per heavy atom. The molecule has 2 heterocycles. The van der Waals surface area contributed by atoms with Gasteiger partial charge < -0.3 is 19.6 Å². The zero-order valence-electron chi connectivity index (χ0n) is 14.7. The first-order valence-electron chi connectivity index (χ1n) is 8.55. The molecule has 1 aromatic rings. The van der Waals surface area contributed by atoms with Crippen molar-refractivity contribution >= 4 is 11.9 Å². The van der Waals surface area contributed by atoms with Crippen LogP contribution in [0.3, 0.4) is 0 Å². The van der Waals surface area contributed by atoms with Crippen LogP contribution in [-0.4, -0.2) is 66.6 Å². The van der Waals surface area contributed by atoms with Gasteiger partial charge in [0.05, 0.1) is 11.8 Å². The highest BCUT2D eigenvalue weighted by Gasteiger charge is 2.38. The van der Waals surface area contributed by atoms with Crippen molar-refractivity contribution < 1.29 is 28.2 Å². The molecule has 0 aromatic heterocycles. The molecule has 0 radical (unpaired) electrons. The number of carbonyl (C=O) groups excluding carboxylic acids is 1. The van der Waals surface area contributed by atoms with Crippen molar-refractivity contribution in [1.82, 2.24) is 9.80 Å². The number of carboxylic acids is 1. The molecule has 142 valence electrons. The number of carboxylic acid groups (broad SMARTS) is 1. The molecule has 3 unspecified atom stereocenters. The molecule has 1 fully saturated rings. The number of likely N-dealkylation sites (tertiary alicyclic amines) is 1. The minimum absolute atomic E-state index is 0.00471.